The molecule has 0 aromatic heterocycles. The molecule has 1 rings (SSSR count). The molecule has 1 fully saturated rings. The van der Waals surface area contributed by atoms with Crippen LogP contribution < -0.4 is 0 Å². The number of hydrogen-bond donors (Lipinski definition) is 1. The maximum absolute atomic E-state index is 11.3. The van der Waals surface area contributed by atoms with E-state index in [-0.39, 0.29) is 5.92 Å². The Morgan fingerprint density at radius 3 is 2.29 bits per heavy atom. The number of aliphatic hydroxyl groups is 1. The SMILES string of the molecule is CCC(C)(C)C1CCC(C(O)C(=O)OC)CC1. The summed E-state index contributed by atoms with van der Waals surface area (Å²) in [6.07, 6.45) is 4.35. The molecule has 1 unspecified atom stereocenters. The minimum atomic E-state index is -0.925. The molecule has 1 saturated carbocycles. The Labute approximate surface area is 105 Å². The summed E-state index contributed by atoms with van der Waals surface area (Å²) in [6.45, 7) is 6.86. The molecule has 17 heavy (non-hydrogen) atoms. The van der Waals surface area contributed by atoms with Gasteiger partial charge in [0.1, 0.15) is 0 Å². The molecular formula is C14H26O3. The van der Waals surface area contributed by atoms with Crippen molar-refractivity contribution in [2.75, 3.05) is 7.11 Å². The highest BCUT2D eigenvalue weighted by Crippen LogP contribution is 2.42. The Morgan fingerprint density at radius 2 is 1.88 bits per heavy atom. The van der Waals surface area contributed by atoms with Gasteiger partial charge in [0.2, 0.25) is 0 Å². The lowest BCUT2D eigenvalue weighted by molar-refractivity contribution is -0.154. The molecule has 0 aliphatic heterocycles. The highest BCUT2D eigenvalue weighted by molar-refractivity contribution is 5.74. The van der Waals surface area contributed by atoms with E-state index in [1.54, 1.807) is 0 Å². The number of hydrogen-bond acceptors (Lipinski definition) is 3. The van der Waals surface area contributed by atoms with Gasteiger partial charge in [0.25, 0.3) is 0 Å². The van der Waals surface area contributed by atoms with Crippen LogP contribution in [0, 0.1) is 17.3 Å². The molecule has 0 bridgehead atoms. The molecular weight excluding hydrogens is 216 g/mol. The van der Waals surface area contributed by atoms with Crippen molar-refractivity contribution in [2.45, 2.75) is 59.0 Å². The van der Waals surface area contributed by atoms with Crippen LogP contribution in [-0.2, 0) is 9.53 Å². The first-order chi connectivity index (χ1) is 7.92. The van der Waals surface area contributed by atoms with Gasteiger partial charge in [0.15, 0.2) is 6.10 Å². The molecule has 0 saturated heterocycles. The first-order valence-corrected chi connectivity index (χ1v) is 6.68. The smallest absolute Gasteiger partial charge is 0.334 e. The number of carbonyl (C=O) groups is 1. The number of methoxy groups -OCH3 is 1. The van der Waals surface area contributed by atoms with Gasteiger partial charge in [-0.3, -0.25) is 0 Å². The fourth-order valence-electron chi connectivity index (χ4n) is 2.82. The van der Waals surface area contributed by atoms with Crippen LogP contribution in [0.1, 0.15) is 52.9 Å². The molecule has 0 aromatic rings. The van der Waals surface area contributed by atoms with Crippen LogP contribution in [0.5, 0.6) is 0 Å². The summed E-state index contributed by atoms with van der Waals surface area (Å²) in [5.41, 5.74) is 0.376. The zero-order valence-corrected chi connectivity index (χ0v) is 11.5. The van der Waals surface area contributed by atoms with Crippen LogP contribution in [0.3, 0.4) is 0 Å². The Hall–Kier alpha value is -0.570. The number of ether oxygens (including phenoxy) is 1. The molecule has 3 nitrogen and oxygen atoms in total. The lowest BCUT2D eigenvalue weighted by Gasteiger charge is -2.39. The minimum Gasteiger partial charge on any atom is -0.467 e. The van der Waals surface area contributed by atoms with Crippen LogP contribution in [0.25, 0.3) is 0 Å². The molecule has 3 heteroatoms. The van der Waals surface area contributed by atoms with Gasteiger partial charge >= 0.3 is 5.97 Å². The fraction of sp³-hybridized carbons (Fsp3) is 0.929. The molecule has 0 aromatic carbocycles. The predicted molar refractivity (Wildman–Crippen MR) is 67.5 cm³/mol. The van der Waals surface area contributed by atoms with Crippen molar-refractivity contribution in [1.29, 1.82) is 0 Å². The molecule has 1 aliphatic carbocycles. The van der Waals surface area contributed by atoms with E-state index in [9.17, 15) is 9.90 Å². The zero-order valence-electron chi connectivity index (χ0n) is 11.5. The summed E-state index contributed by atoms with van der Waals surface area (Å²) in [7, 11) is 1.33. The molecule has 0 radical (unpaired) electrons. The van der Waals surface area contributed by atoms with Gasteiger partial charge in [-0.15, -0.1) is 0 Å². The summed E-state index contributed by atoms with van der Waals surface area (Å²) < 4.78 is 4.59. The van der Waals surface area contributed by atoms with Crippen LogP contribution >= 0.6 is 0 Å². The van der Waals surface area contributed by atoms with Crippen molar-refractivity contribution in [3.63, 3.8) is 0 Å². The van der Waals surface area contributed by atoms with Gasteiger partial charge < -0.3 is 9.84 Å². The summed E-state index contributed by atoms with van der Waals surface area (Å²) in [5, 5.41) is 9.81. The monoisotopic (exact) mass is 242 g/mol. The van der Waals surface area contributed by atoms with Crippen LogP contribution in [0.4, 0.5) is 0 Å². The number of esters is 1. The van der Waals surface area contributed by atoms with Crippen molar-refractivity contribution in [3.05, 3.63) is 0 Å². The van der Waals surface area contributed by atoms with Crippen molar-refractivity contribution in [2.24, 2.45) is 17.3 Å². The maximum atomic E-state index is 11.3. The van der Waals surface area contributed by atoms with Gasteiger partial charge in [-0.25, -0.2) is 4.79 Å². The van der Waals surface area contributed by atoms with E-state index in [2.05, 4.69) is 25.5 Å². The molecule has 0 amide bonds. The second-order valence-electron chi connectivity index (χ2n) is 5.92. The van der Waals surface area contributed by atoms with E-state index in [4.69, 9.17) is 0 Å². The molecule has 0 spiro atoms. The summed E-state index contributed by atoms with van der Waals surface area (Å²) in [6, 6.07) is 0. The van der Waals surface area contributed by atoms with E-state index in [1.165, 1.54) is 13.5 Å². The van der Waals surface area contributed by atoms with Crippen LogP contribution in [0.15, 0.2) is 0 Å². The summed E-state index contributed by atoms with van der Waals surface area (Å²) in [4.78, 5) is 11.3. The first kappa shape index (κ1) is 14.5. The topological polar surface area (TPSA) is 46.5 Å². The quantitative estimate of drug-likeness (QED) is 0.771. The highest BCUT2D eigenvalue weighted by atomic mass is 16.5. The Morgan fingerprint density at radius 1 is 1.35 bits per heavy atom. The van der Waals surface area contributed by atoms with E-state index in [0.29, 0.717) is 11.3 Å². The third kappa shape index (κ3) is 3.44. The summed E-state index contributed by atoms with van der Waals surface area (Å²) >= 11 is 0. The third-order valence-electron chi connectivity index (χ3n) is 4.68. The summed E-state index contributed by atoms with van der Waals surface area (Å²) in [5.74, 6) is 0.322. The Balaban J connectivity index is 2.48. The average molecular weight is 242 g/mol. The number of rotatable bonds is 4. The zero-order chi connectivity index (χ0) is 13.1. The maximum Gasteiger partial charge on any atom is 0.334 e. The molecule has 1 atom stereocenters. The lowest BCUT2D eigenvalue weighted by Crippen LogP contribution is -2.36. The van der Waals surface area contributed by atoms with Crippen molar-refractivity contribution in [3.8, 4) is 0 Å². The van der Waals surface area contributed by atoms with E-state index >= 15 is 0 Å². The lowest BCUT2D eigenvalue weighted by atomic mass is 9.67. The Bertz CT molecular complexity index is 252. The standard InChI is InChI=1S/C14H26O3/c1-5-14(2,3)11-8-6-10(7-9-11)12(15)13(16)17-4/h10-12,15H,5-9H2,1-4H3. The van der Waals surface area contributed by atoms with Gasteiger partial charge in [-0.05, 0) is 42.9 Å². The normalized spacial score (nSPS) is 27.6. The van der Waals surface area contributed by atoms with Gasteiger partial charge in [0.05, 0.1) is 7.11 Å². The molecule has 0 heterocycles. The van der Waals surface area contributed by atoms with Crippen molar-refractivity contribution < 1.29 is 14.6 Å². The highest BCUT2D eigenvalue weighted by Gasteiger charge is 2.36. The van der Waals surface area contributed by atoms with Crippen molar-refractivity contribution in [1.82, 2.24) is 0 Å². The predicted octanol–water partition coefficient (Wildman–Crippen LogP) is 2.76. The number of carbonyl (C=O) groups excluding carboxylic acids is 1. The van der Waals surface area contributed by atoms with Gasteiger partial charge in [-0.2, -0.15) is 0 Å². The third-order valence-corrected chi connectivity index (χ3v) is 4.68. The minimum absolute atomic E-state index is 0.0892. The second-order valence-corrected chi connectivity index (χ2v) is 5.92. The van der Waals surface area contributed by atoms with Crippen molar-refractivity contribution >= 4 is 5.97 Å². The molecule has 100 valence electrons. The first-order valence-electron chi connectivity index (χ1n) is 6.68. The van der Waals surface area contributed by atoms with Gasteiger partial charge in [-0.1, -0.05) is 27.2 Å². The Kier molecular flexibility index (Phi) is 4.99. The fourth-order valence-corrected chi connectivity index (χ4v) is 2.82. The van der Waals surface area contributed by atoms with E-state index in [1.807, 2.05) is 0 Å². The average Bonchev–Trinajstić information content (AvgIpc) is 2.37. The van der Waals surface area contributed by atoms with E-state index in [0.717, 1.165) is 25.7 Å². The number of aliphatic hydroxyl groups excluding tert-OH is 1. The van der Waals surface area contributed by atoms with E-state index < -0.39 is 12.1 Å². The van der Waals surface area contributed by atoms with Gasteiger partial charge in [0, 0.05) is 0 Å². The van der Waals surface area contributed by atoms with Crippen LogP contribution in [0.2, 0.25) is 0 Å². The van der Waals surface area contributed by atoms with Crippen LogP contribution in [-0.4, -0.2) is 24.3 Å². The molecule has 1 N–H and O–H groups in total. The largest absolute Gasteiger partial charge is 0.467 e. The molecule has 1 aliphatic rings. The second kappa shape index (κ2) is 5.85.